The summed E-state index contributed by atoms with van der Waals surface area (Å²) in [5.41, 5.74) is 29.3. The Morgan fingerprint density at radius 1 is 0.273 bits per heavy atom. The molecule has 13 aromatic rings. The van der Waals surface area contributed by atoms with Crippen molar-refractivity contribution in [1.82, 2.24) is 19.9 Å². The van der Waals surface area contributed by atoms with Gasteiger partial charge in [0.25, 0.3) is 0 Å². The van der Waals surface area contributed by atoms with E-state index in [1.807, 2.05) is 49.6 Å². The molecule has 9 heteroatoms. The van der Waals surface area contributed by atoms with E-state index in [1.165, 1.54) is 61.7 Å². The van der Waals surface area contributed by atoms with Gasteiger partial charge in [-0.2, -0.15) is 0 Å². The Hall–Kier alpha value is -11.4. The minimum atomic E-state index is 0.119. The highest BCUT2D eigenvalue weighted by molar-refractivity contribution is 6.06. The van der Waals surface area contributed by atoms with Gasteiger partial charge in [-0.05, 0) is 149 Å². The minimum absolute atomic E-state index is 0.119. The second-order valence-electron chi connectivity index (χ2n) is 22.5. The molecule has 0 atom stereocenters. The molecule has 4 aliphatic rings. The highest BCUT2D eigenvalue weighted by Crippen LogP contribution is 2.58. The summed E-state index contributed by atoms with van der Waals surface area (Å²) < 4.78 is 0. The number of fused-ring (bicyclic) bond motifs is 8. The molecule has 88 heavy (non-hydrogen) atoms. The standard InChI is InChI=1S/C42H32N6.C37H27N3/c1-2-45-35-16-6-8-18-37(35)47(38-19-9-7-17-36(38)45)33-24-26-43-28-31(33)32-29-44-27-25-34(32)48-41-22-12-10-20-39(41)46(30-14-4-3-5-15-30)40-21-11-13-23-42(40)48;1-5-13-29-25(9-1)21-26-10-2-6-14-30(26)37(29)31-17-19-38-23-32(31)33-24-39-20-18-36(33)40-34-15-7-3-11-27(34)22-28-12-4-8-16-35(28)40/h3-29H,2H2,1H3;1-20,23-24,37H,21-22H2. The van der Waals surface area contributed by atoms with Gasteiger partial charge >= 0.3 is 0 Å². The predicted octanol–water partition coefficient (Wildman–Crippen LogP) is 19.9. The van der Waals surface area contributed by atoms with Crippen LogP contribution in [-0.4, -0.2) is 26.5 Å². The van der Waals surface area contributed by atoms with E-state index in [1.54, 1.807) is 0 Å². The summed E-state index contributed by atoms with van der Waals surface area (Å²) in [4.78, 5) is 30.6. The first-order chi connectivity index (χ1) is 43.7. The zero-order valence-corrected chi connectivity index (χ0v) is 48.5. The van der Waals surface area contributed by atoms with Crippen molar-refractivity contribution in [3.63, 3.8) is 0 Å². The predicted molar refractivity (Wildman–Crippen MR) is 359 cm³/mol. The summed E-state index contributed by atoms with van der Waals surface area (Å²) >= 11 is 0. The third kappa shape index (κ3) is 8.77. The van der Waals surface area contributed by atoms with Crippen LogP contribution in [0.5, 0.6) is 0 Å². The summed E-state index contributed by atoms with van der Waals surface area (Å²) in [6.45, 7) is 3.07. The SMILES string of the molecule is CCN1c2ccccc2N(c2ccncc2-c2cnccc2N2c3ccccc3N(c3ccccc3)c3ccccc32)c2ccccc21.c1ccc2c(c1)Cc1ccccc1C2c1ccncc1-c1cnccc1N1c2ccccc2Cc2ccccc21. The summed E-state index contributed by atoms with van der Waals surface area (Å²) in [5, 5.41) is 0. The molecule has 0 saturated carbocycles. The largest absolute Gasteiger partial charge is 0.338 e. The first kappa shape index (κ1) is 52.2. The van der Waals surface area contributed by atoms with Gasteiger partial charge in [0.05, 0.1) is 62.6 Å². The number of aromatic nitrogens is 4. The molecule has 3 aliphatic heterocycles. The van der Waals surface area contributed by atoms with Crippen LogP contribution in [0.4, 0.5) is 79.6 Å². The van der Waals surface area contributed by atoms with Crippen molar-refractivity contribution in [1.29, 1.82) is 0 Å². The van der Waals surface area contributed by atoms with Crippen LogP contribution in [0.1, 0.15) is 51.8 Å². The van der Waals surface area contributed by atoms with Gasteiger partial charge in [0, 0.05) is 108 Å². The molecule has 0 fully saturated rings. The summed E-state index contributed by atoms with van der Waals surface area (Å²) in [6, 6.07) is 88.9. The van der Waals surface area contributed by atoms with Gasteiger partial charge in [-0.1, -0.05) is 152 Å². The average molecular weight is 1130 g/mol. The maximum Gasteiger partial charge on any atom is 0.0703 e. The average Bonchev–Trinajstić information content (AvgIpc) is 0.999. The molecule has 0 amide bonds. The molecule has 7 heterocycles. The van der Waals surface area contributed by atoms with E-state index in [2.05, 4.69) is 290 Å². The number of pyridine rings is 4. The zero-order valence-electron chi connectivity index (χ0n) is 48.5. The Labute approximate surface area is 513 Å². The molecule has 0 bridgehead atoms. The number of nitrogens with zero attached hydrogens (tertiary/aromatic N) is 9. The van der Waals surface area contributed by atoms with Crippen molar-refractivity contribution in [2.24, 2.45) is 0 Å². The van der Waals surface area contributed by atoms with Crippen molar-refractivity contribution in [3.05, 3.63) is 337 Å². The first-order valence-corrected chi connectivity index (χ1v) is 30.2. The van der Waals surface area contributed by atoms with E-state index in [0.717, 1.165) is 98.5 Å². The molecular formula is C79H59N9. The normalized spacial score (nSPS) is 13.3. The lowest BCUT2D eigenvalue weighted by atomic mass is 9.73. The monoisotopic (exact) mass is 1130 g/mol. The molecule has 4 aromatic heterocycles. The van der Waals surface area contributed by atoms with Gasteiger partial charge < -0.3 is 24.5 Å². The van der Waals surface area contributed by atoms with E-state index in [-0.39, 0.29) is 5.92 Å². The Balaban J connectivity index is 0.000000144. The second kappa shape index (κ2) is 22.2. The fraction of sp³-hybridized carbons (Fsp3) is 0.0633. The topological polar surface area (TPSA) is 67.8 Å². The number of para-hydroxylation sites is 11. The molecular weight excluding hydrogens is 1070 g/mol. The third-order valence-electron chi connectivity index (χ3n) is 17.7. The van der Waals surface area contributed by atoms with Crippen LogP contribution in [0.3, 0.4) is 0 Å². The van der Waals surface area contributed by atoms with E-state index >= 15 is 0 Å². The summed E-state index contributed by atoms with van der Waals surface area (Å²) in [6.07, 6.45) is 17.5. The number of benzene rings is 9. The maximum absolute atomic E-state index is 4.70. The quantitative estimate of drug-likeness (QED) is 0.148. The molecule has 0 spiro atoms. The molecule has 0 N–H and O–H groups in total. The molecule has 9 aromatic carbocycles. The van der Waals surface area contributed by atoms with Crippen LogP contribution in [0.25, 0.3) is 22.3 Å². The van der Waals surface area contributed by atoms with Crippen molar-refractivity contribution in [2.75, 3.05) is 31.0 Å². The van der Waals surface area contributed by atoms with Gasteiger partial charge in [-0.3, -0.25) is 19.9 Å². The highest BCUT2D eigenvalue weighted by Gasteiger charge is 2.35. The van der Waals surface area contributed by atoms with Crippen LogP contribution < -0.4 is 24.5 Å². The van der Waals surface area contributed by atoms with Crippen LogP contribution in [0, 0.1) is 0 Å². The van der Waals surface area contributed by atoms with Crippen LogP contribution in [0.15, 0.2) is 298 Å². The van der Waals surface area contributed by atoms with Gasteiger partial charge in [-0.15, -0.1) is 0 Å². The molecule has 0 radical (unpaired) electrons. The second-order valence-corrected chi connectivity index (χ2v) is 22.5. The van der Waals surface area contributed by atoms with Crippen LogP contribution >= 0.6 is 0 Å². The minimum Gasteiger partial charge on any atom is -0.338 e. The van der Waals surface area contributed by atoms with E-state index in [4.69, 9.17) is 9.97 Å². The van der Waals surface area contributed by atoms with Gasteiger partial charge in [0.15, 0.2) is 0 Å². The van der Waals surface area contributed by atoms with Gasteiger partial charge in [0.2, 0.25) is 0 Å². The van der Waals surface area contributed by atoms with Gasteiger partial charge in [-0.25, -0.2) is 0 Å². The molecule has 0 unspecified atom stereocenters. The highest BCUT2D eigenvalue weighted by atomic mass is 15.3. The van der Waals surface area contributed by atoms with Crippen molar-refractivity contribution >= 4 is 79.6 Å². The third-order valence-corrected chi connectivity index (χ3v) is 17.7. The number of hydrogen-bond acceptors (Lipinski definition) is 9. The fourth-order valence-corrected chi connectivity index (χ4v) is 13.9. The van der Waals surface area contributed by atoms with Crippen LogP contribution in [-0.2, 0) is 12.8 Å². The Kier molecular flexibility index (Phi) is 13.2. The summed E-state index contributed by atoms with van der Waals surface area (Å²) in [5.74, 6) is 0.119. The Bertz CT molecular complexity index is 4450. The molecule has 17 rings (SSSR count). The fourth-order valence-electron chi connectivity index (χ4n) is 13.9. The van der Waals surface area contributed by atoms with E-state index < -0.39 is 0 Å². The van der Waals surface area contributed by atoms with E-state index in [0.29, 0.717) is 0 Å². The number of rotatable bonds is 8. The lowest BCUT2D eigenvalue weighted by Crippen LogP contribution is -2.27. The lowest BCUT2D eigenvalue weighted by molar-refractivity contribution is 0.884. The first-order valence-electron chi connectivity index (χ1n) is 30.2. The molecule has 9 nitrogen and oxygen atoms in total. The lowest BCUT2D eigenvalue weighted by Gasteiger charge is -2.41. The van der Waals surface area contributed by atoms with Crippen molar-refractivity contribution in [2.45, 2.75) is 25.7 Å². The van der Waals surface area contributed by atoms with Crippen molar-refractivity contribution in [3.8, 4) is 22.3 Å². The Morgan fingerprint density at radius 3 is 1.05 bits per heavy atom. The Morgan fingerprint density at radius 2 is 0.591 bits per heavy atom. The molecule has 1 aliphatic carbocycles. The molecule has 420 valence electrons. The van der Waals surface area contributed by atoms with Crippen LogP contribution in [0.2, 0.25) is 0 Å². The summed E-state index contributed by atoms with van der Waals surface area (Å²) in [7, 11) is 0. The number of hydrogen-bond donors (Lipinski definition) is 0. The molecule has 0 saturated heterocycles. The maximum atomic E-state index is 4.70. The zero-order chi connectivity index (χ0) is 58.5. The van der Waals surface area contributed by atoms with E-state index in [9.17, 15) is 0 Å². The number of anilines is 14. The van der Waals surface area contributed by atoms with Gasteiger partial charge in [0.1, 0.15) is 0 Å². The van der Waals surface area contributed by atoms with Crippen molar-refractivity contribution < 1.29 is 0 Å². The smallest absolute Gasteiger partial charge is 0.0703 e.